The number of carbonyl (C=O) groups excluding carboxylic acids is 1. The molecule has 1 rings (SSSR count). The maximum atomic E-state index is 12.7. The number of hydrogen-bond acceptors (Lipinski definition) is 1. The Morgan fingerprint density at radius 1 is 1.17 bits per heavy atom. The van der Waals surface area contributed by atoms with Gasteiger partial charge in [-0.15, -0.1) is 0 Å². The van der Waals surface area contributed by atoms with Gasteiger partial charge in [0.1, 0.15) is 5.78 Å². The van der Waals surface area contributed by atoms with E-state index in [-0.39, 0.29) is 11.3 Å². The van der Waals surface area contributed by atoms with Crippen molar-refractivity contribution < 1.29 is 4.79 Å². The molecule has 106 valence electrons. The predicted molar refractivity (Wildman–Crippen MR) is 78.5 cm³/mol. The van der Waals surface area contributed by atoms with E-state index in [1.807, 2.05) is 0 Å². The number of rotatable bonds is 4. The quantitative estimate of drug-likeness (QED) is 0.692. The lowest BCUT2D eigenvalue weighted by Crippen LogP contribution is -2.44. The third-order valence-corrected chi connectivity index (χ3v) is 5.70. The fourth-order valence-electron chi connectivity index (χ4n) is 3.50. The summed E-state index contributed by atoms with van der Waals surface area (Å²) in [6.07, 6.45) is 3.26. The van der Waals surface area contributed by atoms with Crippen molar-refractivity contribution >= 4 is 5.78 Å². The zero-order valence-electron chi connectivity index (χ0n) is 13.4. The van der Waals surface area contributed by atoms with E-state index < -0.39 is 0 Å². The lowest BCUT2D eigenvalue weighted by molar-refractivity contribution is -0.134. The Labute approximate surface area is 114 Å². The van der Waals surface area contributed by atoms with Crippen molar-refractivity contribution in [1.82, 2.24) is 0 Å². The number of Topliss-reactive ketones (excluding diaryl/α,β-unsaturated/α-hetero) is 1. The molecule has 0 amide bonds. The van der Waals surface area contributed by atoms with E-state index in [0.29, 0.717) is 29.5 Å². The molecule has 0 spiro atoms. The largest absolute Gasteiger partial charge is 0.299 e. The van der Waals surface area contributed by atoms with Crippen LogP contribution in [0.15, 0.2) is 0 Å². The third kappa shape index (κ3) is 3.16. The van der Waals surface area contributed by atoms with Crippen molar-refractivity contribution in [3.8, 4) is 0 Å². The van der Waals surface area contributed by atoms with Crippen molar-refractivity contribution in [3.63, 3.8) is 0 Å². The molecule has 1 heteroatoms. The van der Waals surface area contributed by atoms with Crippen molar-refractivity contribution in [1.29, 1.82) is 0 Å². The van der Waals surface area contributed by atoms with Crippen LogP contribution in [0, 0.1) is 35.0 Å². The highest BCUT2D eigenvalue weighted by Crippen LogP contribution is 2.48. The Morgan fingerprint density at radius 3 is 2.22 bits per heavy atom. The van der Waals surface area contributed by atoms with E-state index >= 15 is 0 Å². The minimum Gasteiger partial charge on any atom is -0.299 e. The second kappa shape index (κ2) is 5.75. The Balaban J connectivity index is 2.81. The van der Waals surface area contributed by atoms with Crippen LogP contribution in [0.2, 0.25) is 0 Å². The van der Waals surface area contributed by atoms with Gasteiger partial charge in [0, 0.05) is 12.3 Å². The van der Waals surface area contributed by atoms with E-state index in [1.54, 1.807) is 0 Å². The van der Waals surface area contributed by atoms with Gasteiger partial charge < -0.3 is 0 Å². The summed E-state index contributed by atoms with van der Waals surface area (Å²) in [5.74, 6) is 3.12. The van der Waals surface area contributed by atoms with Gasteiger partial charge in [-0.2, -0.15) is 0 Å². The third-order valence-electron chi connectivity index (χ3n) is 5.70. The summed E-state index contributed by atoms with van der Waals surface area (Å²) in [6, 6.07) is 0. The highest BCUT2D eigenvalue weighted by atomic mass is 16.1. The molecule has 1 aliphatic carbocycles. The maximum absolute atomic E-state index is 12.7. The van der Waals surface area contributed by atoms with Gasteiger partial charge >= 0.3 is 0 Å². The molecule has 0 aromatic heterocycles. The molecule has 0 aromatic rings. The molecule has 1 saturated carbocycles. The Bertz CT molecular complexity index is 290. The Kier molecular flexibility index (Phi) is 5.03. The number of hydrogen-bond donors (Lipinski definition) is 0. The first-order valence-corrected chi connectivity index (χ1v) is 7.70. The first-order chi connectivity index (χ1) is 8.17. The van der Waals surface area contributed by atoms with Crippen LogP contribution in [0.4, 0.5) is 0 Å². The lowest BCUT2D eigenvalue weighted by atomic mass is 9.57. The van der Waals surface area contributed by atoms with Crippen molar-refractivity contribution in [3.05, 3.63) is 0 Å². The van der Waals surface area contributed by atoms with Crippen LogP contribution in [-0.2, 0) is 4.79 Å². The zero-order valence-corrected chi connectivity index (χ0v) is 13.4. The van der Waals surface area contributed by atoms with Gasteiger partial charge in [-0.3, -0.25) is 4.79 Å². The molecular formula is C17H32O. The van der Waals surface area contributed by atoms with Crippen LogP contribution in [-0.4, -0.2) is 5.78 Å². The van der Waals surface area contributed by atoms with E-state index in [2.05, 4.69) is 48.5 Å². The molecule has 0 aliphatic heterocycles. The second-order valence-corrected chi connectivity index (χ2v) is 7.65. The number of ketones is 1. The van der Waals surface area contributed by atoms with Crippen LogP contribution in [0.25, 0.3) is 0 Å². The summed E-state index contributed by atoms with van der Waals surface area (Å²) in [5, 5.41) is 0. The van der Waals surface area contributed by atoms with E-state index in [1.165, 1.54) is 12.8 Å². The van der Waals surface area contributed by atoms with Crippen molar-refractivity contribution in [2.75, 3.05) is 0 Å². The van der Waals surface area contributed by atoms with Crippen molar-refractivity contribution in [2.24, 2.45) is 35.0 Å². The highest BCUT2D eigenvalue weighted by Gasteiger charge is 2.45. The van der Waals surface area contributed by atoms with E-state index in [4.69, 9.17) is 0 Å². The minimum absolute atomic E-state index is 0.172. The van der Waals surface area contributed by atoms with Gasteiger partial charge in [-0.05, 0) is 41.9 Å². The molecule has 0 saturated heterocycles. The Hall–Kier alpha value is -0.330. The summed E-state index contributed by atoms with van der Waals surface area (Å²) in [6.45, 7) is 15.8. The fourth-order valence-corrected chi connectivity index (χ4v) is 3.50. The molecular weight excluding hydrogens is 220 g/mol. The van der Waals surface area contributed by atoms with Gasteiger partial charge in [-0.1, -0.05) is 48.5 Å². The molecule has 1 aliphatic rings. The molecule has 0 radical (unpaired) electrons. The molecule has 0 aromatic carbocycles. The topological polar surface area (TPSA) is 17.1 Å². The normalized spacial score (nSPS) is 33.4. The Morgan fingerprint density at radius 2 is 1.72 bits per heavy atom. The standard InChI is InChI=1S/C17H32O/c1-11(2)13(4)10-15(18)16-12(3)8-9-14(5)17(16,6)7/h11-14,16H,8-10H2,1-7H3. The lowest BCUT2D eigenvalue weighted by Gasteiger charge is -2.47. The molecule has 4 atom stereocenters. The fraction of sp³-hybridized carbons (Fsp3) is 0.941. The molecule has 0 N–H and O–H groups in total. The molecule has 4 unspecified atom stereocenters. The van der Waals surface area contributed by atoms with Crippen LogP contribution < -0.4 is 0 Å². The zero-order chi connectivity index (χ0) is 14.1. The monoisotopic (exact) mass is 252 g/mol. The van der Waals surface area contributed by atoms with Crippen LogP contribution in [0.5, 0.6) is 0 Å². The van der Waals surface area contributed by atoms with E-state index in [9.17, 15) is 4.79 Å². The average molecular weight is 252 g/mol. The van der Waals surface area contributed by atoms with Crippen LogP contribution >= 0.6 is 0 Å². The summed E-state index contributed by atoms with van der Waals surface area (Å²) in [5.41, 5.74) is 0.172. The van der Waals surface area contributed by atoms with Crippen LogP contribution in [0.3, 0.4) is 0 Å². The van der Waals surface area contributed by atoms with Gasteiger partial charge in [0.15, 0.2) is 0 Å². The predicted octanol–water partition coefficient (Wildman–Crippen LogP) is 4.95. The van der Waals surface area contributed by atoms with Gasteiger partial charge in [0.25, 0.3) is 0 Å². The molecule has 1 nitrogen and oxygen atoms in total. The molecule has 1 fully saturated rings. The first kappa shape index (κ1) is 15.7. The van der Waals surface area contributed by atoms with Crippen molar-refractivity contribution in [2.45, 2.75) is 67.7 Å². The van der Waals surface area contributed by atoms with Gasteiger partial charge in [-0.25, -0.2) is 0 Å². The van der Waals surface area contributed by atoms with Crippen LogP contribution in [0.1, 0.15) is 67.7 Å². The molecule has 18 heavy (non-hydrogen) atoms. The summed E-state index contributed by atoms with van der Waals surface area (Å²) in [4.78, 5) is 12.7. The summed E-state index contributed by atoms with van der Waals surface area (Å²) < 4.78 is 0. The highest BCUT2D eigenvalue weighted by molar-refractivity contribution is 5.82. The average Bonchev–Trinajstić information content (AvgIpc) is 2.23. The van der Waals surface area contributed by atoms with E-state index in [0.717, 1.165) is 6.42 Å². The maximum Gasteiger partial charge on any atom is 0.137 e. The summed E-state index contributed by atoms with van der Waals surface area (Å²) in [7, 11) is 0. The second-order valence-electron chi connectivity index (χ2n) is 7.65. The molecule has 0 heterocycles. The first-order valence-electron chi connectivity index (χ1n) is 7.70. The number of carbonyl (C=O) groups is 1. The van der Waals surface area contributed by atoms with Gasteiger partial charge in [0.05, 0.1) is 0 Å². The smallest absolute Gasteiger partial charge is 0.137 e. The SMILES string of the molecule is CC(C)C(C)CC(=O)C1C(C)CCC(C)C1(C)C. The summed E-state index contributed by atoms with van der Waals surface area (Å²) >= 11 is 0. The minimum atomic E-state index is 0.172. The molecule has 0 bridgehead atoms. The van der Waals surface area contributed by atoms with Gasteiger partial charge in [0.2, 0.25) is 0 Å².